The van der Waals surface area contributed by atoms with E-state index in [9.17, 15) is 36.3 Å². The fraction of sp³-hybridized carbons (Fsp3) is 0.250. The van der Waals surface area contributed by atoms with Crippen molar-refractivity contribution in [3.05, 3.63) is 77.5 Å². The Balaban J connectivity index is 1.85. The van der Waals surface area contributed by atoms with Crippen molar-refractivity contribution in [2.24, 2.45) is 0 Å². The molecular weight excluding hydrogens is 565 g/mol. The van der Waals surface area contributed by atoms with Gasteiger partial charge in [-0.25, -0.2) is 9.78 Å². The standard InChI is InChI=1S/C28H24F5N5O4/c1-42-25(40)21-5-3-2-4-20(21)18-8-6-17(7-9-18)16-37-24-23(38-26(41)27(29,30)28(31,32)33)19(12-15-36-24)11-14-35-22(39)10-13-34/h2-9,12,15H,10-11,14,16H2,1H3,(H,35,39)(H,36,37)(H,38,41). The molecule has 3 aromatic rings. The fourth-order valence-corrected chi connectivity index (χ4v) is 3.79. The third-order valence-electron chi connectivity index (χ3n) is 5.93. The van der Waals surface area contributed by atoms with Crippen molar-refractivity contribution in [1.82, 2.24) is 10.3 Å². The largest absolute Gasteiger partial charge is 0.465 e. The van der Waals surface area contributed by atoms with Gasteiger partial charge in [-0.15, -0.1) is 0 Å². The first-order valence-electron chi connectivity index (χ1n) is 12.3. The molecule has 0 saturated heterocycles. The van der Waals surface area contributed by atoms with Crippen LogP contribution in [0.3, 0.4) is 0 Å². The van der Waals surface area contributed by atoms with E-state index < -0.39 is 42.0 Å². The molecule has 0 bridgehead atoms. The summed E-state index contributed by atoms with van der Waals surface area (Å²) in [6, 6.07) is 16.6. The molecule has 1 heterocycles. The minimum Gasteiger partial charge on any atom is -0.465 e. The number of anilines is 2. The predicted molar refractivity (Wildman–Crippen MR) is 141 cm³/mol. The lowest BCUT2D eigenvalue weighted by Gasteiger charge is -2.21. The summed E-state index contributed by atoms with van der Waals surface area (Å²) in [6.45, 7) is -0.0795. The lowest BCUT2D eigenvalue weighted by atomic mass is 9.98. The molecular formula is C28H24F5N5O4. The molecule has 0 unspecified atom stereocenters. The van der Waals surface area contributed by atoms with E-state index in [0.717, 1.165) is 0 Å². The number of nitrogens with zero attached hydrogens (tertiary/aromatic N) is 2. The van der Waals surface area contributed by atoms with Gasteiger partial charge in [0.2, 0.25) is 5.91 Å². The van der Waals surface area contributed by atoms with Crippen molar-refractivity contribution in [2.45, 2.75) is 31.5 Å². The minimum atomic E-state index is -6.13. The van der Waals surface area contributed by atoms with E-state index in [1.54, 1.807) is 59.9 Å². The summed E-state index contributed by atoms with van der Waals surface area (Å²) in [4.78, 5) is 39.7. The van der Waals surface area contributed by atoms with Gasteiger partial charge < -0.3 is 20.7 Å². The predicted octanol–water partition coefficient (Wildman–Crippen LogP) is 4.86. The monoisotopic (exact) mass is 589 g/mol. The van der Waals surface area contributed by atoms with Crippen molar-refractivity contribution in [2.75, 3.05) is 24.3 Å². The number of hydrogen-bond donors (Lipinski definition) is 3. The molecule has 220 valence electrons. The van der Waals surface area contributed by atoms with Crippen molar-refractivity contribution >= 4 is 29.3 Å². The molecule has 3 N–H and O–H groups in total. The number of alkyl halides is 5. The zero-order chi connectivity index (χ0) is 30.9. The number of amides is 2. The summed E-state index contributed by atoms with van der Waals surface area (Å²) in [5.74, 6) is -9.61. The second-order valence-corrected chi connectivity index (χ2v) is 8.74. The third kappa shape index (κ3) is 7.57. The Morgan fingerprint density at radius 2 is 1.69 bits per heavy atom. The molecule has 1 aromatic heterocycles. The molecule has 42 heavy (non-hydrogen) atoms. The first kappa shape index (κ1) is 31.5. The molecule has 9 nitrogen and oxygen atoms in total. The van der Waals surface area contributed by atoms with Gasteiger partial charge in [-0.05, 0) is 40.8 Å². The second-order valence-electron chi connectivity index (χ2n) is 8.74. The van der Waals surface area contributed by atoms with Gasteiger partial charge in [-0.1, -0.05) is 42.5 Å². The molecule has 0 aliphatic heterocycles. The van der Waals surface area contributed by atoms with Crippen molar-refractivity contribution in [3.63, 3.8) is 0 Å². The molecule has 0 aliphatic carbocycles. The number of benzene rings is 2. The summed E-state index contributed by atoms with van der Waals surface area (Å²) in [7, 11) is 1.27. The first-order chi connectivity index (χ1) is 19.9. The van der Waals surface area contributed by atoms with Gasteiger partial charge >= 0.3 is 24.0 Å². The Kier molecular flexibility index (Phi) is 10.1. The number of nitriles is 1. The Labute approximate surface area is 236 Å². The van der Waals surface area contributed by atoms with Crippen LogP contribution in [0.1, 0.15) is 27.9 Å². The topological polar surface area (TPSA) is 133 Å². The number of hydrogen-bond acceptors (Lipinski definition) is 7. The summed E-state index contributed by atoms with van der Waals surface area (Å²) < 4.78 is 70.8. The molecule has 2 aromatic carbocycles. The number of rotatable bonds is 11. The number of methoxy groups -OCH3 is 1. The van der Waals surface area contributed by atoms with Gasteiger partial charge in [-0.2, -0.15) is 27.2 Å². The third-order valence-corrected chi connectivity index (χ3v) is 5.93. The second kappa shape index (κ2) is 13.5. The van der Waals surface area contributed by atoms with E-state index in [-0.39, 0.29) is 30.9 Å². The van der Waals surface area contributed by atoms with Crippen molar-refractivity contribution in [1.29, 1.82) is 5.26 Å². The zero-order valence-corrected chi connectivity index (χ0v) is 22.0. The average Bonchev–Trinajstić information content (AvgIpc) is 2.96. The SMILES string of the molecule is COC(=O)c1ccccc1-c1ccc(CNc2nccc(CCNC(=O)CC#N)c2NC(=O)C(F)(F)C(F)(F)F)cc1. The quantitative estimate of drug-likeness (QED) is 0.215. The molecule has 3 rings (SSSR count). The number of halogens is 5. The van der Waals surface area contributed by atoms with Gasteiger partial charge in [0.1, 0.15) is 12.2 Å². The van der Waals surface area contributed by atoms with Crippen LogP contribution in [0.2, 0.25) is 0 Å². The maximum atomic E-state index is 13.8. The summed E-state index contributed by atoms with van der Waals surface area (Å²) in [5.41, 5.74) is 1.99. The lowest BCUT2D eigenvalue weighted by molar-refractivity contribution is -0.267. The van der Waals surface area contributed by atoms with Crippen LogP contribution in [-0.2, 0) is 27.3 Å². The number of nitrogens with one attached hydrogen (secondary N) is 3. The summed E-state index contributed by atoms with van der Waals surface area (Å²) in [5, 5.41) is 15.5. The van der Waals surface area contributed by atoms with Gasteiger partial charge in [0.25, 0.3) is 0 Å². The first-order valence-corrected chi connectivity index (χ1v) is 12.3. The number of carbonyl (C=O) groups excluding carboxylic acids is 3. The molecule has 0 spiro atoms. The highest BCUT2D eigenvalue weighted by atomic mass is 19.4. The molecule has 0 saturated carbocycles. The smallest absolute Gasteiger partial charge is 0.463 e. The van der Waals surface area contributed by atoms with Crippen LogP contribution in [0, 0.1) is 11.3 Å². The molecule has 2 amide bonds. The fourth-order valence-electron chi connectivity index (χ4n) is 3.79. The molecule has 0 fully saturated rings. The molecule has 0 atom stereocenters. The maximum Gasteiger partial charge on any atom is 0.463 e. The van der Waals surface area contributed by atoms with E-state index in [0.29, 0.717) is 22.3 Å². The number of pyridine rings is 1. The van der Waals surface area contributed by atoms with Crippen molar-refractivity contribution in [3.8, 4) is 17.2 Å². The number of carbonyl (C=O) groups is 3. The molecule has 0 radical (unpaired) electrons. The van der Waals surface area contributed by atoms with E-state index in [1.807, 2.05) is 0 Å². The number of esters is 1. The van der Waals surface area contributed by atoms with Crippen LogP contribution in [0.5, 0.6) is 0 Å². The van der Waals surface area contributed by atoms with E-state index in [2.05, 4.69) is 15.6 Å². The van der Waals surface area contributed by atoms with E-state index in [4.69, 9.17) is 10.00 Å². The average molecular weight is 590 g/mol. The van der Waals surface area contributed by atoms with Gasteiger partial charge in [0.15, 0.2) is 0 Å². The van der Waals surface area contributed by atoms with E-state index in [1.165, 1.54) is 19.4 Å². The normalized spacial score (nSPS) is 11.3. The Bertz CT molecular complexity index is 1490. The van der Waals surface area contributed by atoms with Crippen LogP contribution in [0.25, 0.3) is 11.1 Å². The molecule has 14 heteroatoms. The summed E-state index contributed by atoms with van der Waals surface area (Å²) in [6.07, 6.45) is -5.40. The minimum absolute atomic E-state index is 0.0207. The zero-order valence-electron chi connectivity index (χ0n) is 22.0. The van der Waals surface area contributed by atoms with Gasteiger partial charge in [0.05, 0.1) is 24.4 Å². The van der Waals surface area contributed by atoms with Gasteiger partial charge in [0, 0.05) is 19.3 Å². The Morgan fingerprint density at radius 1 is 1.00 bits per heavy atom. The highest BCUT2D eigenvalue weighted by molar-refractivity contribution is 5.99. The van der Waals surface area contributed by atoms with E-state index >= 15 is 0 Å². The Morgan fingerprint density at radius 3 is 2.33 bits per heavy atom. The van der Waals surface area contributed by atoms with Crippen LogP contribution >= 0.6 is 0 Å². The lowest BCUT2D eigenvalue weighted by Crippen LogP contribution is -2.47. The van der Waals surface area contributed by atoms with Gasteiger partial charge in [-0.3, -0.25) is 9.59 Å². The highest BCUT2D eigenvalue weighted by Gasteiger charge is 2.63. The highest BCUT2D eigenvalue weighted by Crippen LogP contribution is 2.37. The van der Waals surface area contributed by atoms with Crippen LogP contribution in [0.15, 0.2) is 60.8 Å². The summed E-state index contributed by atoms with van der Waals surface area (Å²) >= 11 is 0. The number of aromatic nitrogens is 1. The maximum absolute atomic E-state index is 13.8. The molecule has 0 aliphatic rings. The van der Waals surface area contributed by atoms with Crippen LogP contribution in [0.4, 0.5) is 33.5 Å². The van der Waals surface area contributed by atoms with Crippen LogP contribution in [-0.4, -0.2) is 48.5 Å². The Hall–Kier alpha value is -5.06. The van der Waals surface area contributed by atoms with Crippen LogP contribution < -0.4 is 16.0 Å². The number of ether oxygens (including phenoxy) is 1. The van der Waals surface area contributed by atoms with Crippen molar-refractivity contribution < 1.29 is 41.1 Å².